The Morgan fingerprint density at radius 1 is 1.33 bits per heavy atom. The number of nitrogens with zero attached hydrogens (tertiary/aromatic N) is 2. The second-order valence-electron chi connectivity index (χ2n) is 4.79. The van der Waals surface area contributed by atoms with Crippen molar-refractivity contribution in [2.45, 2.75) is 19.9 Å². The molecule has 0 aliphatic rings. The Morgan fingerprint density at radius 3 is 2.76 bits per heavy atom. The molecule has 21 heavy (non-hydrogen) atoms. The SMILES string of the molecule is CCCn1cc(-c2ccncc2)cc1C(=O)NCCOC. The number of carbonyl (C=O) groups is 1. The number of hydrogen-bond acceptors (Lipinski definition) is 3. The number of pyridine rings is 1. The Hall–Kier alpha value is -2.14. The highest BCUT2D eigenvalue weighted by atomic mass is 16.5. The molecule has 2 heterocycles. The van der Waals surface area contributed by atoms with E-state index in [-0.39, 0.29) is 5.91 Å². The van der Waals surface area contributed by atoms with Crippen LogP contribution in [-0.2, 0) is 11.3 Å². The van der Waals surface area contributed by atoms with E-state index in [4.69, 9.17) is 4.74 Å². The predicted molar refractivity (Wildman–Crippen MR) is 82.2 cm³/mol. The number of amides is 1. The smallest absolute Gasteiger partial charge is 0.268 e. The van der Waals surface area contributed by atoms with Crippen molar-refractivity contribution in [1.82, 2.24) is 14.9 Å². The topological polar surface area (TPSA) is 56.2 Å². The molecule has 112 valence electrons. The van der Waals surface area contributed by atoms with Gasteiger partial charge in [0, 0.05) is 44.4 Å². The van der Waals surface area contributed by atoms with E-state index in [0.717, 1.165) is 24.1 Å². The summed E-state index contributed by atoms with van der Waals surface area (Å²) in [6.07, 6.45) is 6.50. The number of hydrogen-bond donors (Lipinski definition) is 1. The first kappa shape index (κ1) is 15.3. The third-order valence-corrected chi connectivity index (χ3v) is 3.20. The highest BCUT2D eigenvalue weighted by Crippen LogP contribution is 2.22. The van der Waals surface area contributed by atoms with E-state index in [1.54, 1.807) is 19.5 Å². The van der Waals surface area contributed by atoms with Gasteiger partial charge in [0.15, 0.2) is 0 Å². The summed E-state index contributed by atoms with van der Waals surface area (Å²) in [5.74, 6) is -0.0687. The summed E-state index contributed by atoms with van der Waals surface area (Å²) in [6, 6.07) is 5.81. The van der Waals surface area contributed by atoms with Gasteiger partial charge in [0.05, 0.1) is 6.61 Å². The fourth-order valence-corrected chi connectivity index (χ4v) is 2.19. The van der Waals surface area contributed by atoms with Crippen molar-refractivity contribution in [2.24, 2.45) is 0 Å². The molecule has 0 bridgehead atoms. The molecule has 2 rings (SSSR count). The molecule has 0 unspecified atom stereocenters. The second kappa shape index (κ2) is 7.59. The lowest BCUT2D eigenvalue weighted by atomic mass is 10.1. The highest BCUT2D eigenvalue weighted by Gasteiger charge is 2.13. The quantitative estimate of drug-likeness (QED) is 0.795. The summed E-state index contributed by atoms with van der Waals surface area (Å²) in [5, 5.41) is 2.87. The van der Waals surface area contributed by atoms with Gasteiger partial charge in [-0.2, -0.15) is 0 Å². The largest absolute Gasteiger partial charge is 0.383 e. The molecular weight excluding hydrogens is 266 g/mol. The van der Waals surface area contributed by atoms with Gasteiger partial charge in [-0.1, -0.05) is 6.92 Å². The maximum absolute atomic E-state index is 12.3. The van der Waals surface area contributed by atoms with Crippen molar-refractivity contribution in [3.63, 3.8) is 0 Å². The van der Waals surface area contributed by atoms with Crippen LogP contribution in [0.1, 0.15) is 23.8 Å². The summed E-state index contributed by atoms with van der Waals surface area (Å²) in [5.41, 5.74) is 2.77. The fourth-order valence-electron chi connectivity index (χ4n) is 2.19. The molecular formula is C16H21N3O2. The highest BCUT2D eigenvalue weighted by molar-refractivity contribution is 5.94. The molecule has 0 saturated carbocycles. The summed E-state index contributed by atoms with van der Waals surface area (Å²) in [6.45, 7) is 3.94. The van der Waals surface area contributed by atoms with E-state index in [1.165, 1.54) is 0 Å². The minimum atomic E-state index is -0.0687. The van der Waals surface area contributed by atoms with Crippen LogP contribution in [0.5, 0.6) is 0 Å². The van der Waals surface area contributed by atoms with E-state index >= 15 is 0 Å². The minimum absolute atomic E-state index is 0.0687. The van der Waals surface area contributed by atoms with E-state index in [2.05, 4.69) is 17.2 Å². The zero-order valence-corrected chi connectivity index (χ0v) is 12.5. The van der Waals surface area contributed by atoms with Crippen LogP contribution in [0, 0.1) is 0 Å². The van der Waals surface area contributed by atoms with Crippen LogP contribution >= 0.6 is 0 Å². The molecule has 2 aromatic rings. The lowest BCUT2D eigenvalue weighted by Crippen LogP contribution is -2.28. The molecule has 5 heteroatoms. The molecule has 0 aromatic carbocycles. The number of aryl methyl sites for hydroxylation is 1. The predicted octanol–water partition coefficient (Wildman–Crippen LogP) is 2.34. The zero-order valence-electron chi connectivity index (χ0n) is 12.5. The number of aromatic nitrogens is 2. The van der Waals surface area contributed by atoms with Crippen LogP contribution in [0.2, 0.25) is 0 Å². The minimum Gasteiger partial charge on any atom is -0.383 e. The van der Waals surface area contributed by atoms with Crippen LogP contribution < -0.4 is 5.32 Å². The van der Waals surface area contributed by atoms with Crippen molar-refractivity contribution < 1.29 is 9.53 Å². The first-order chi connectivity index (χ1) is 10.3. The van der Waals surface area contributed by atoms with Gasteiger partial charge in [0.25, 0.3) is 5.91 Å². The molecule has 0 aliphatic carbocycles. The van der Waals surface area contributed by atoms with Crippen LogP contribution in [0.25, 0.3) is 11.1 Å². The van der Waals surface area contributed by atoms with Crippen molar-refractivity contribution in [3.05, 3.63) is 42.5 Å². The van der Waals surface area contributed by atoms with E-state index in [1.807, 2.05) is 29.0 Å². The molecule has 2 aromatic heterocycles. The van der Waals surface area contributed by atoms with Crippen LogP contribution in [0.3, 0.4) is 0 Å². The summed E-state index contributed by atoms with van der Waals surface area (Å²) in [4.78, 5) is 16.3. The third-order valence-electron chi connectivity index (χ3n) is 3.20. The lowest BCUT2D eigenvalue weighted by Gasteiger charge is -2.08. The Labute approximate surface area is 125 Å². The zero-order chi connectivity index (χ0) is 15.1. The number of nitrogens with one attached hydrogen (secondary N) is 1. The Balaban J connectivity index is 2.23. The van der Waals surface area contributed by atoms with Crippen LogP contribution in [-0.4, -0.2) is 35.7 Å². The number of methoxy groups -OCH3 is 1. The monoisotopic (exact) mass is 287 g/mol. The summed E-state index contributed by atoms with van der Waals surface area (Å²) in [7, 11) is 1.62. The molecule has 0 saturated heterocycles. The van der Waals surface area contributed by atoms with Gasteiger partial charge in [-0.05, 0) is 30.2 Å². The van der Waals surface area contributed by atoms with E-state index < -0.39 is 0 Å². The molecule has 1 amide bonds. The Kier molecular flexibility index (Phi) is 5.51. The van der Waals surface area contributed by atoms with Crippen LogP contribution in [0.4, 0.5) is 0 Å². The number of ether oxygens (including phenoxy) is 1. The van der Waals surface area contributed by atoms with Gasteiger partial charge in [-0.25, -0.2) is 0 Å². The Morgan fingerprint density at radius 2 is 2.10 bits per heavy atom. The second-order valence-corrected chi connectivity index (χ2v) is 4.79. The average Bonchev–Trinajstić information content (AvgIpc) is 2.93. The molecule has 0 fully saturated rings. The Bertz CT molecular complexity index is 578. The van der Waals surface area contributed by atoms with Crippen LogP contribution in [0.15, 0.2) is 36.8 Å². The maximum atomic E-state index is 12.3. The number of carbonyl (C=O) groups excluding carboxylic acids is 1. The van der Waals surface area contributed by atoms with Crippen molar-refractivity contribution in [2.75, 3.05) is 20.3 Å². The van der Waals surface area contributed by atoms with Gasteiger partial charge in [-0.15, -0.1) is 0 Å². The van der Waals surface area contributed by atoms with E-state index in [9.17, 15) is 4.79 Å². The van der Waals surface area contributed by atoms with Crippen molar-refractivity contribution in [1.29, 1.82) is 0 Å². The molecule has 0 radical (unpaired) electrons. The number of rotatable bonds is 7. The molecule has 0 aliphatic heterocycles. The average molecular weight is 287 g/mol. The van der Waals surface area contributed by atoms with Gasteiger partial charge < -0.3 is 14.6 Å². The van der Waals surface area contributed by atoms with Crippen molar-refractivity contribution >= 4 is 5.91 Å². The van der Waals surface area contributed by atoms with Gasteiger partial charge in [0.2, 0.25) is 0 Å². The first-order valence-electron chi connectivity index (χ1n) is 7.14. The molecule has 5 nitrogen and oxygen atoms in total. The fraction of sp³-hybridized carbons (Fsp3) is 0.375. The first-order valence-corrected chi connectivity index (χ1v) is 7.14. The lowest BCUT2D eigenvalue weighted by molar-refractivity contribution is 0.0927. The summed E-state index contributed by atoms with van der Waals surface area (Å²) < 4.78 is 6.95. The maximum Gasteiger partial charge on any atom is 0.268 e. The van der Waals surface area contributed by atoms with Crippen molar-refractivity contribution in [3.8, 4) is 11.1 Å². The normalized spacial score (nSPS) is 10.6. The standard InChI is InChI=1S/C16H21N3O2/c1-3-9-19-12-14(13-4-6-17-7-5-13)11-15(19)16(20)18-8-10-21-2/h4-7,11-12H,3,8-10H2,1-2H3,(H,18,20). The van der Waals surface area contributed by atoms with E-state index in [0.29, 0.717) is 18.8 Å². The van der Waals surface area contributed by atoms with Gasteiger partial charge in [0.1, 0.15) is 5.69 Å². The van der Waals surface area contributed by atoms with Gasteiger partial charge in [-0.3, -0.25) is 9.78 Å². The van der Waals surface area contributed by atoms with Gasteiger partial charge >= 0.3 is 0 Å². The molecule has 1 N–H and O–H groups in total. The molecule has 0 atom stereocenters. The third kappa shape index (κ3) is 3.92. The molecule has 0 spiro atoms. The summed E-state index contributed by atoms with van der Waals surface area (Å²) >= 11 is 0.